The lowest BCUT2D eigenvalue weighted by Crippen LogP contribution is -2.32. The summed E-state index contributed by atoms with van der Waals surface area (Å²) in [6.07, 6.45) is 3.05. The van der Waals surface area contributed by atoms with Crippen LogP contribution in [0.5, 0.6) is 0 Å². The van der Waals surface area contributed by atoms with Crippen LogP contribution in [0.4, 0.5) is 11.5 Å². The van der Waals surface area contributed by atoms with Gasteiger partial charge < -0.3 is 15.1 Å². The Kier molecular flexibility index (Phi) is 5.29. The third-order valence-electron chi connectivity index (χ3n) is 4.36. The van der Waals surface area contributed by atoms with E-state index in [4.69, 9.17) is 4.42 Å². The summed E-state index contributed by atoms with van der Waals surface area (Å²) in [7, 11) is 0. The molecule has 1 atom stereocenters. The van der Waals surface area contributed by atoms with Crippen LogP contribution < -0.4 is 10.6 Å². The molecule has 2 heterocycles. The first-order valence-corrected chi connectivity index (χ1v) is 9.14. The highest BCUT2D eigenvalue weighted by Crippen LogP contribution is 2.21. The van der Waals surface area contributed by atoms with E-state index in [2.05, 4.69) is 25.8 Å². The first-order chi connectivity index (χ1) is 14.2. The molecule has 0 aliphatic heterocycles. The maximum Gasteiger partial charge on any atom is 0.247 e. The molecule has 4 rings (SSSR count). The molecule has 1 unspecified atom stereocenters. The molecule has 7 nitrogen and oxygen atoms in total. The molecular weight excluding hydrogens is 366 g/mol. The van der Waals surface area contributed by atoms with Crippen molar-refractivity contribution in [2.75, 3.05) is 10.6 Å². The van der Waals surface area contributed by atoms with Gasteiger partial charge in [0, 0.05) is 16.8 Å². The topological polar surface area (TPSA) is 92.9 Å². The van der Waals surface area contributed by atoms with E-state index in [1.165, 1.54) is 6.39 Å². The zero-order chi connectivity index (χ0) is 20.1. The quantitative estimate of drug-likeness (QED) is 0.516. The van der Waals surface area contributed by atoms with Crippen LogP contribution in [-0.2, 0) is 4.79 Å². The van der Waals surface area contributed by atoms with E-state index in [0.717, 1.165) is 22.5 Å². The van der Waals surface area contributed by atoms with Gasteiger partial charge in [-0.2, -0.15) is 0 Å². The largest absolute Gasteiger partial charge is 0.444 e. The van der Waals surface area contributed by atoms with Crippen molar-refractivity contribution in [3.05, 3.63) is 79.3 Å². The normalized spacial score (nSPS) is 11.6. The van der Waals surface area contributed by atoms with Crippen LogP contribution in [0.1, 0.15) is 6.92 Å². The lowest BCUT2D eigenvalue weighted by Gasteiger charge is -2.15. The van der Waals surface area contributed by atoms with Gasteiger partial charge in [-0.3, -0.25) is 4.79 Å². The van der Waals surface area contributed by atoms with Crippen LogP contribution in [0.2, 0.25) is 0 Å². The van der Waals surface area contributed by atoms with E-state index < -0.39 is 6.04 Å². The molecule has 2 aromatic heterocycles. The summed E-state index contributed by atoms with van der Waals surface area (Å²) in [5.41, 5.74) is 3.46. The Hall–Kier alpha value is -4.00. The van der Waals surface area contributed by atoms with Gasteiger partial charge in [0.2, 0.25) is 5.91 Å². The molecule has 144 valence electrons. The predicted octanol–water partition coefficient (Wildman–Crippen LogP) is 4.24. The van der Waals surface area contributed by atoms with Crippen LogP contribution in [0.15, 0.2) is 83.7 Å². The molecule has 0 radical (unpaired) electrons. The molecule has 29 heavy (non-hydrogen) atoms. The summed E-state index contributed by atoms with van der Waals surface area (Å²) >= 11 is 0. The van der Waals surface area contributed by atoms with Crippen molar-refractivity contribution in [3.8, 4) is 22.6 Å². The van der Waals surface area contributed by atoms with Crippen LogP contribution in [0, 0.1) is 0 Å². The maximum atomic E-state index is 12.5. The summed E-state index contributed by atoms with van der Waals surface area (Å²) in [6.45, 7) is 1.78. The molecule has 1 amide bonds. The first kappa shape index (κ1) is 18.4. The van der Waals surface area contributed by atoms with Crippen LogP contribution in [-0.4, -0.2) is 27.1 Å². The fourth-order valence-electron chi connectivity index (χ4n) is 2.80. The Morgan fingerprint density at radius 1 is 0.931 bits per heavy atom. The average molecular weight is 385 g/mol. The lowest BCUT2D eigenvalue weighted by molar-refractivity contribution is -0.116. The highest BCUT2D eigenvalue weighted by Gasteiger charge is 2.14. The van der Waals surface area contributed by atoms with E-state index in [1.54, 1.807) is 19.2 Å². The van der Waals surface area contributed by atoms with Gasteiger partial charge in [0.15, 0.2) is 18.0 Å². The molecule has 0 saturated heterocycles. The van der Waals surface area contributed by atoms with Crippen LogP contribution in [0.25, 0.3) is 22.6 Å². The molecular formula is C22H19N5O2. The Labute approximate surface area is 167 Å². The molecule has 2 N–H and O–H groups in total. The zero-order valence-electron chi connectivity index (χ0n) is 15.7. The Balaban J connectivity index is 1.36. The SMILES string of the molecule is CC(Nc1ccc(-c2cnco2)cc1)C(=O)Nc1ccc(-c2ccccc2)nn1. The molecule has 4 aromatic rings. The first-order valence-electron chi connectivity index (χ1n) is 9.14. The van der Waals surface area contributed by atoms with Gasteiger partial charge in [-0.25, -0.2) is 4.98 Å². The number of hydrogen-bond donors (Lipinski definition) is 2. The molecule has 0 aliphatic rings. The minimum Gasteiger partial charge on any atom is -0.444 e. The average Bonchev–Trinajstić information content (AvgIpc) is 3.30. The number of benzene rings is 2. The van der Waals surface area contributed by atoms with Crippen molar-refractivity contribution in [2.45, 2.75) is 13.0 Å². The number of rotatable bonds is 6. The Bertz CT molecular complexity index is 1060. The van der Waals surface area contributed by atoms with Crippen molar-refractivity contribution >= 4 is 17.4 Å². The van der Waals surface area contributed by atoms with E-state index in [-0.39, 0.29) is 5.91 Å². The monoisotopic (exact) mass is 385 g/mol. The van der Waals surface area contributed by atoms with Crippen molar-refractivity contribution in [3.63, 3.8) is 0 Å². The predicted molar refractivity (Wildman–Crippen MR) is 111 cm³/mol. The number of amides is 1. The summed E-state index contributed by atoms with van der Waals surface area (Å²) in [6, 6.07) is 20.4. The van der Waals surface area contributed by atoms with Crippen molar-refractivity contribution in [1.82, 2.24) is 15.2 Å². The summed E-state index contributed by atoms with van der Waals surface area (Å²) < 4.78 is 5.27. The maximum absolute atomic E-state index is 12.5. The Morgan fingerprint density at radius 2 is 1.72 bits per heavy atom. The van der Waals surface area contributed by atoms with Gasteiger partial charge in [0.05, 0.1) is 11.9 Å². The van der Waals surface area contributed by atoms with Crippen molar-refractivity contribution in [1.29, 1.82) is 0 Å². The molecule has 0 fully saturated rings. The van der Waals surface area contributed by atoms with E-state index >= 15 is 0 Å². The molecule has 7 heteroatoms. The van der Waals surface area contributed by atoms with Gasteiger partial charge in [-0.15, -0.1) is 10.2 Å². The van der Waals surface area contributed by atoms with Gasteiger partial charge in [0.1, 0.15) is 6.04 Å². The zero-order valence-corrected chi connectivity index (χ0v) is 15.7. The third-order valence-corrected chi connectivity index (χ3v) is 4.36. The second kappa shape index (κ2) is 8.35. The highest BCUT2D eigenvalue weighted by atomic mass is 16.3. The minimum atomic E-state index is -0.457. The third kappa shape index (κ3) is 4.47. The number of anilines is 2. The van der Waals surface area contributed by atoms with E-state index in [0.29, 0.717) is 11.6 Å². The molecule has 2 aromatic carbocycles. The van der Waals surface area contributed by atoms with Crippen molar-refractivity contribution < 1.29 is 9.21 Å². The van der Waals surface area contributed by atoms with Gasteiger partial charge in [-0.1, -0.05) is 30.3 Å². The molecule has 0 aliphatic carbocycles. The second-order valence-corrected chi connectivity index (χ2v) is 6.47. The number of carbonyl (C=O) groups excluding carboxylic acids is 1. The number of oxazole rings is 1. The van der Waals surface area contributed by atoms with Crippen LogP contribution >= 0.6 is 0 Å². The number of hydrogen-bond acceptors (Lipinski definition) is 6. The summed E-state index contributed by atoms with van der Waals surface area (Å²) in [4.78, 5) is 16.4. The number of aromatic nitrogens is 3. The second-order valence-electron chi connectivity index (χ2n) is 6.47. The van der Waals surface area contributed by atoms with Crippen molar-refractivity contribution in [2.24, 2.45) is 0 Å². The van der Waals surface area contributed by atoms with Gasteiger partial charge in [0.25, 0.3) is 0 Å². The summed E-state index contributed by atoms with van der Waals surface area (Å²) in [5, 5.41) is 14.2. The van der Waals surface area contributed by atoms with Gasteiger partial charge in [-0.05, 0) is 43.3 Å². The summed E-state index contributed by atoms with van der Waals surface area (Å²) in [5.74, 6) is 0.898. The molecule has 0 spiro atoms. The van der Waals surface area contributed by atoms with E-state index in [1.807, 2.05) is 60.7 Å². The minimum absolute atomic E-state index is 0.203. The Morgan fingerprint density at radius 3 is 2.38 bits per heavy atom. The van der Waals surface area contributed by atoms with Gasteiger partial charge >= 0.3 is 0 Å². The van der Waals surface area contributed by atoms with E-state index in [9.17, 15) is 4.79 Å². The number of carbonyl (C=O) groups is 1. The lowest BCUT2D eigenvalue weighted by atomic mass is 10.1. The standard InChI is InChI=1S/C22H19N5O2/c1-15(24-18-9-7-17(8-10-18)20-13-23-14-29-20)22(28)25-21-12-11-19(26-27-21)16-5-3-2-4-6-16/h2-15,24H,1H3,(H,25,27,28). The fourth-order valence-corrected chi connectivity index (χ4v) is 2.80. The fraction of sp³-hybridized carbons (Fsp3) is 0.0909. The smallest absolute Gasteiger partial charge is 0.247 e. The molecule has 0 bridgehead atoms. The number of nitrogens with zero attached hydrogens (tertiary/aromatic N) is 3. The van der Waals surface area contributed by atoms with Crippen LogP contribution in [0.3, 0.4) is 0 Å². The molecule has 0 saturated carbocycles. The highest BCUT2D eigenvalue weighted by molar-refractivity contribution is 5.95. The number of nitrogens with one attached hydrogen (secondary N) is 2.